The number of carbonyl (C=O) groups is 4. The van der Waals surface area contributed by atoms with Crippen molar-refractivity contribution in [3.05, 3.63) is 60.8 Å². The van der Waals surface area contributed by atoms with Crippen LogP contribution in [0.5, 0.6) is 0 Å². The van der Waals surface area contributed by atoms with Crippen LogP contribution < -0.4 is 0 Å². The van der Waals surface area contributed by atoms with Crippen molar-refractivity contribution in [1.29, 1.82) is 0 Å². The molecule has 0 radical (unpaired) electrons. The van der Waals surface area contributed by atoms with E-state index in [1.54, 1.807) is 0 Å². The summed E-state index contributed by atoms with van der Waals surface area (Å²) in [5.41, 5.74) is 0. The number of rotatable bonds is 55. The summed E-state index contributed by atoms with van der Waals surface area (Å²) >= 11 is 0. The van der Waals surface area contributed by atoms with Crippen LogP contribution in [0.25, 0.3) is 0 Å². The summed E-state index contributed by atoms with van der Waals surface area (Å²) in [6.07, 6.45) is 56.0. The maximum atomic E-state index is 13.2. The fourth-order valence-electron chi connectivity index (χ4n) is 9.54. The van der Waals surface area contributed by atoms with Gasteiger partial charge in [0.2, 0.25) is 0 Å². The number of aliphatic hydroxyl groups excluding tert-OH is 2. The lowest BCUT2D eigenvalue weighted by Crippen LogP contribution is -2.61. The molecule has 6 atom stereocenters. The lowest BCUT2D eigenvalue weighted by atomic mass is 9.98. The zero-order valence-electron chi connectivity index (χ0n) is 50.4. The van der Waals surface area contributed by atoms with Crippen molar-refractivity contribution in [1.82, 2.24) is 0 Å². The molecule has 1 saturated heterocycles. The van der Waals surface area contributed by atoms with E-state index in [9.17, 15) is 34.5 Å². The Hall–Kier alpha value is -3.58. The molecule has 0 spiro atoms. The lowest BCUT2D eigenvalue weighted by Gasteiger charge is -2.40. The molecule has 0 aromatic rings. The van der Waals surface area contributed by atoms with Gasteiger partial charge in [0.05, 0.1) is 6.61 Å². The third-order valence-corrected chi connectivity index (χ3v) is 14.5. The van der Waals surface area contributed by atoms with E-state index in [1.807, 2.05) is 0 Å². The van der Waals surface area contributed by atoms with Gasteiger partial charge >= 0.3 is 23.9 Å². The Bertz CT molecular complexity index is 1600. The third-order valence-electron chi connectivity index (χ3n) is 14.5. The first kappa shape index (κ1) is 73.4. The van der Waals surface area contributed by atoms with Gasteiger partial charge in [0.25, 0.3) is 0 Å². The Kier molecular flexibility index (Phi) is 51.1. The van der Waals surface area contributed by atoms with Crippen molar-refractivity contribution >= 4 is 23.9 Å². The number of carbonyl (C=O) groups excluding carboxylic acids is 3. The summed E-state index contributed by atoms with van der Waals surface area (Å²) in [7, 11) is 0. The molecule has 0 aliphatic carbocycles. The molecule has 0 bridgehead atoms. The van der Waals surface area contributed by atoms with Crippen molar-refractivity contribution < 1.29 is 58.2 Å². The van der Waals surface area contributed by atoms with Gasteiger partial charge in [-0.25, -0.2) is 4.79 Å². The monoisotopic (exact) mass is 1110 g/mol. The van der Waals surface area contributed by atoms with Crippen LogP contribution in [-0.4, -0.2) is 89.2 Å². The van der Waals surface area contributed by atoms with Crippen molar-refractivity contribution in [2.24, 2.45) is 0 Å². The molecule has 3 N–H and O–H groups in total. The molecule has 79 heavy (non-hydrogen) atoms. The second-order valence-electron chi connectivity index (χ2n) is 22.0. The van der Waals surface area contributed by atoms with Gasteiger partial charge in [0, 0.05) is 19.3 Å². The second-order valence-corrected chi connectivity index (χ2v) is 22.0. The number of hydrogen-bond donors (Lipinski definition) is 3. The van der Waals surface area contributed by atoms with Gasteiger partial charge < -0.3 is 39.0 Å². The minimum absolute atomic E-state index is 0.0505. The fourth-order valence-corrected chi connectivity index (χ4v) is 9.54. The Labute approximate surface area is 481 Å². The number of unbranched alkanes of at least 4 members (excludes halogenated alkanes) is 31. The molecule has 0 amide bonds. The molecule has 1 fully saturated rings. The number of aliphatic carboxylic acids is 1. The van der Waals surface area contributed by atoms with Gasteiger partial charge in [0.15, 0.2) is 24.6 Å². The summed E-state index contributed by atoms with van der Waals surface area (Å²) in [4.78, 5) is 51.3. The van der Waals surface area contributed by atoms with Gasteiger partial charge in [-0.05, 0) is 109 Å². The molecule has 0 saturated carbocycles. The molecule has 12 heteroatoms. The third kappa shape index (κ3) is 44.7. The summed E-state index contributed by atoms with van der Waals surface area (Å²) in [5.74, 6) is -3.13. The van der Waals surface area contributed by atoms with E-state index >= 15 is 0 Å². The molecule has 456 valence electrons. The average Bonchev–Trinajstić information content (AvgIpc) is 3.47. The zero-order valence-corrected chi connectivity index (χ0v) is 50.4. The summed E-state index contributed by atoms with van der Waals surface area (Å²) in [5, 5.41) is 31.6. The van der Waals surface area contributed by atoms with Crippen LogP contribution in [-0.2, 0) is 42.9 Å². The molecule has 1 aliphatic rings. The summed E-state index contributed by atoms with van der Waals surface area (Å²) in [6.45, 7) is 5.94. The van der Waals surface area contributed by atoms with Crippen molar-refractivity contribution in [3.63, 3.8) is 0 Å². The van der Waals surface area contributed by atoms with E-state index in [-0.39, 0.29) is 25.9 Å². The largest absolute Gasteiger partial charge is 0.479 e. The molecule has 1 heterocycles. The molecule has 6 unspecified atom stereocenters. The highest BCUT2D eigenvalue weighted by Gasteiger charge is 2.50. The van der Waals surface area contributed by atoms with Crippen LogP contribution in [0, 0.1) is 0 Å². The molecule has 1 rings (SSSR count). The maximum absolute atomic E-state index is 13.2. The van der Waals surface area contributed by atoms with Gasteiger partial charge in [0.1, 0.15) is 18.8 Å². The van der Waals surface area contributed by atoms with Crippen molar-refractivity contribution in [2.45, 2.75) is 327 Å². The highest BCUT2D eigenvalue weighted by atomic mass is 16.7. The van der Waals surface area contributed by atoms with Crippen LogP contribution in [0.1, 0.15) is 290 Å². The number of ether oxygens (including phenoxy) is 5. The van der Waals surface area contributed by atoms with E-state index in [2.05, 4.69) is 81.5 Å². The number of aliphatic hydroxyl groups is 2. The van der Waals surface area contributed by atoms with E-state index in [1.165, 1.54) is 103 Å². The molecular weight excluding hydrogens is 997 g/mol. The normalized spacial score (nSPS) is 18.2. The van der Waals surface area contributed by atoms with E-state index in [0.29, 0.717) is 19.3 Å². The Morgan fingerprint density at radius 1 is 0.418 bits per heavy atom. The first-order valence-corrected chi connectivity index (χ1v) is 32.3. The van der Waals surface area contributed by atoms with E-state index in [4.69, 9.17) is 23.7 Å². The molecular formula is C67H116O12. The topological polar surface area (TPSA) is 175 Å². The first-order chi connectivity index (χ1) is 38.6. The van der Waals surface area contributed by atoms with Crippen LogP contribution in [0.4, 0.5) is 0 Å². The molecule has 0 aromatic heterocycles. The lowest BCUT2D eigenvalue weighted by molar-refractivity contribution is -0.301. The zero-order chi connectivity index (χ0) is 57.5. The molecule has 12 nitrogen and oxygen atoms in total. The minimum atomic E-state index is -1.91. The number of hydrogen-bond acceptors (Lipinski definition) is 11. The van der Waals surface area contributed by atoms with Gasteiger partial charge in [-0.3, -0.25) is 14.4 Å². The maximum Gasteiger partial charge on any atom is 0.335 e. The number of carboxylic acid groups (broad SMARTS) is 1. The average molecular weight is 1110 g/mol. The van der Waals surface area contributed by atoms with Crippen LogP contribution >= 0.6 is 0 Å². The number of esters is 3. The van der Waals surface area contributed by atoms with Gasteiger partial charge in [-0.1, -0.05) is 223 Å². The van der Waals surface area contributed by atoms with Crippen LogP contribution in [0.3, 0.4) is 0 Å². The van der Waals surface area contributed by atoms with Crippen LogP contribution in [0.2, 0.25) is 0 Å². The first-order valence-electron chi connectivity index (χ1n) is 32.3. The highest BCUT2D eigenvalue weighted by molar-refractivity contribution is 5.74. The SMILES string of the molecule is CCCCC/C=C\C/C=C\CCCCCCCCCCCC(=O)OCC(COC1OC(C(=O)O)C(O)C(O)C1OC(=O)CCCCCCCCC/C=C\C/C=C\CCCCC)OC(=O)CCCCCCC/C=C\CCCCCC. The number of carboxylic acids is 1. The Morgan fingerprint density at radius 3 is 1.18 bits per heavy atom. The molecule has 0 aromatic carbocycles. The standard InChI is InChI=1S/C67H116O12/c1-4-7-10-13-16-19-22-25-27-29-30-32-33-36-38-41-44-47-50-53-59(68)75-56-58(77-60(69)54-51-48-45-42-39-35-24-21-18-15-12-9-6-3)57-76-67-65(63(72)62(71)64(79-67)66(73)74)78-61(70)55-52-49-46-43-40-37-34-31-28-26-23-20-17-14-11-8-5-2/h16-17,19-21,24-28,58,62-65,67,71-72H,4-15,18,22-23,29-57H2,1-3H3,(H,73,74)/b19-16-,20-17-,24-21-,27-25-,28-26-. The van der Waals surface area contributed by atoms with Crippen LogP contribution in [0.15, 0.2) is 60.8 Å². The van der Waals surface area contributed by atoms with Gasteiger partial charge in [-0.2, -0.15) is 0 Å². The van der Waals surface area contributed by atoms with E-state index in [0.717, 1.165) is 128 Å². The molecule has 1 aliphatic heterocycles. The predicted molar refractivity (Wildman–Crippen MR) is 322 cm³/mol. The fraction of sp³-hybridized carbons (Fsp3) is 0.791. The quantitative estimate of drug-likeness (QED) is 0.0228. The van der Waals surface area contributed by atoms with Crippen molar-refractivity contribution in [3.8, 4) is 0 Å². The van der Waals surface area contributed by atoms with E-state index < -0.39 is 67.3 Å². The Morgan fingerprint density at radius 2 is 0.759 bits per heavy atom. The van der Waals surface area contributed by atoms with Gasteiger partial charge in [-0.15, -0.1) is 0 Å². The second kappa shape index (κ2) is 55.0. The highest BCUT2D eigenvalue weighted by Crippen LogP contribution is 2.27. The Balaban J connectivity index is 2.65. The minimum Gasteiger partial charge on any atom is -0.479 e. The summed E-state index contributed by atoms with van der Waals surface area (Å²) in [6, 6.07) is 0. The summed E-state index contributed by atoms with van der Waals surface area (Å²) < 4.78 is 28.5. The van der Waals surface area contributed by atoms with Crippen molar-refractivity contribution in [2.75, 3.05) is 13.2 Å². The number of allylic oxidation sites excluding steroid dienone is 10. The smallest absolute Gasteiger partial charge is 0.335 e. The predicted octanol–water partition coefficient (Wildman–Crippen LogP) is 17.1.